The zero-order chi connectivity index (χ0) is 20.3. The Labute approximate surface area is 175 Å². The number of fused-ring (bicyclic) bond motifs is 1. The van der Waals surface area contributed by atoms with Gasteiger partial charge in [-0.25, -0.2) is 8.42 Å². The molecule has 9 heteroatoms. The molecule has 156 valence electrons. The predicted octanol–water partition coefficient (Wildman–Crippen LogP) is 3.15. The van der Waals surface area contributed by atoms with Gasteiger partial charge in [-0.3, -0.25) is 4.79 Å². The number of benzene rings is 1. The Balaban J connectivity index is 1.40. The summed E-state index contributed by atoms with van der Waals surface area (Å²) in [6.45, 7) is 2.05. The standard InChI is InChI=1S/C20H26N4O3S2/c25-18(15-28-20-22-21-19-7-3-1-6-14-24(19)20)16-8-10-17(11-9-16)29(26,27)23-12-4-2-5-13-23/h8-11H,1-7,12-15H2. The average molecular weight is 435 g/mol. The smallest absolute Gasteiger partial charge is 0.243 e. The van der Waals surface area contributed by atoms with Crippen LogP contribution in [0, 0.1) is 0 Å². The number of thioether (sulfide) groups is 1. The van der Waals surface area contributed by atoms with Crippen LogP contribution in [0.15, 0.2) is 34.3 Å². The number of piperidine rings is 1. The molecule has 7 nitrogen and oxygen atoms in total. The van der Waals surface area contributed by atoms with Crippen molar-refractivity contribution in [2.24, 2.45) is 0 Å². The average Bonchev–Trinajstić information content (AvgIpc) is 2.98. The van der Waals surface area contributed by atoms with Crippen LogP contribution in [0.2, 0.25) is 0 Å². The predicted molar refractivity (Wildman–Crippen MR) is 112 cm³/mol. The molecule has 2 aromatic rings. The maximum absolute atomic E-state index is 12.7. The van der Waals surface area contributed by atoms with Gasteiger partial charge in [0.1, 0.15) is 5.82 Å². The van der Waals surface area contributed by atoms with Crippen LogP contribution in [0.1, 0.15) is 54.7 Å². The zero-order valence-electron chi connectivity index (χ0n) is 16.4. The van der Waals surface area contributed by atoms with Crippen molar-refractivity contribution >= 4 is 27.6 Å². The number of hydrogen-bond donors (Lipinski definition) is 0. The van der Waals surface area contributed by atoms with Crippen molar-refractivity contribution in [1.82, 2.24) is 19.1 Å². The van der Waals surface area contributed by atoms with Gasteiger partial charge in [-0.1, -0.05) is 36.7 Å². The number of carbonyl (C=O) groups excluding carboxylic acids is 1. The number of carbonyl (C=O) groups is 1. The van der Waals surface area contributed by atoms with Crippen molar-refractivity contribution in [2.75, 3.05) is 18.8 Å². The van der Waals surface area contributed by atoms with E-state index in [-0.39, 0.29) is 16.4 Å². The molecule has 3 heterocycles. The first-order chi connectivity index (χ1) is 14.1. The minimum absolute atomic E-state index is 0.0390. The molecule has 0 aliphatic carbocycles. The van der Waals surface area contributed by atoms with Gasteiger partial charge in [0.2, 0.25) is 10.0 Å². The van der Waals surface area contributed by atoms with Gasteiger partial charge in [0.25, 0.3) is 0 Å². The molecule has 0 bridgehead atoms. The highest BCUT2D eigenvalue weighted by Crippen LogP contribution is 2.24. The molecule has 0 amide bonds. The SMILES string of the molecule is O=C(CSc1nnc2n1CCCCC2)c1ccc(S(=O)(=O)N2CCCCC2)cc1. The van der Waals surface area contributed by atoms with Crippen LogP contribution in [-0.4, -0.2) is 52.1 Å². The zero-order valence-corrected chi connectivity index (χ0v) is 18.1. The fourth-order valence-electron chi connectivity index (χ4n) is 3.85. The van der Waals surface area contributed by atoms with Crippen molar-refractivity contribution in [2.45, 2.75) is 61.5 Å². The Hall–Kier alpha value is -1.71. The Morgan fingerprint density at radius 1 is 0.931 bits per heavy atom. The second kappa shape index (κ2) is 8.97. The molecule has 1 fully saturated rings. The lowest BCUT2D eigenvalue weighted by Crippen LogP contribution is -2.35. The molecule has 0 N–H and O–H groups in total. The lowest BCUT2D eigenvalue weighted by molar-refractivity contribution is 0.102. The van der Waals surface area contributed by atoms with Gasteiger partial charge in [0.05, 0.1) is 10.6 Å². The summed E-state index contributed by atoms with van der Waals surface area (Å²) in [6.07, 6.45) is 7.26. The summed E-state index contributed by atoms with van der Waals surface area (Å²) in [5.41, 5.74) is 0.519. The van der Waals surface area contributed by atoms with Crippen LogP contribution in [-0.2, 0) is 23.0 Å². The van der Waals surface area contributed by atoms with Crippen molar-refractivity contribution < 1.29 is 13.2 Å². The maximum Gasteiger partial charge on any atom is 0.243 e. The van der Waals surface area contributed by atoms with Gasteiger partial charge >= 0.3 is 0 Å². The summed E-state index contributed by atoms with van der Waals surface area (Å²) in [7, 11) is -3.47. The van der Waals surface area contributed by atoms with Crippen LogP contribution in [0.25, 0.3) is 0 Å². The van der Waals surface area contributed by atoms with E-state index in [2.05, 4.69) is 14.8 Å². The van der Waals surface area contributed by atoms with E-state index < -0.39 is 10.0 Å². The summed E-state index contributed by atoms with van der Waals surface area (Å²) in [4.78, 5) is 12.9. The first-order valence-corrected chi connectivity index (χ1v) is 12.7. The molecule has 1 aromatic carbocycles. The molecule has 0 atom stereocenters. The molecule has 0 saturated carbocycles. The van der Waals surface area contributed by atoms with Gasteiger partial charge in [-0.2, -0.15) is 4.31 Å². The van der Waals surface area contributed by atoms with E-state index in [4.69, 9.17) is 0 Å². The number of nitrogens with zero attached hydrogens (tertiary/aromatic N) is 4. The van der Waals surface area contributed by atoms with Crippen molar-refractivity contribution in [3.63, 3.8) is 0 Å². The molecule has 2 aliphatic heterocycles. The Morgan fingerprint density at radius 2 is 1.62 bits per heavy atom. The van der Waals surface area contributed by atoms with E-state index in [1.54, 1.807) is 28.6 Å². The molecular weight excluding hydrogens is 408 g/mol. The van der Waals surface area contributed by atoms with E-state index in [0.717, 1.165) is 56.1 Å². The normalized spacial score (nSPS) is 18.2. The maximum atomic E-state index is 12.7. The molecule has 29 heavy (non-hydrogen) atoms. The molecular formula is C20H26N4O3S2. The second-order valence-corrected chi connectivity index (χ2v) is 10.4. The van der Waals surface area contributed by atoms with Crippen LogP contribution < -0.4 is 0 Å². The lowest BCUT2D eigenvalue weighted by atomic mass is 10.1. The highest BCUT2D eigenvalue weighted by atomic mass is 32.2. The Bertz CT molecular complexity index is 964. The number of rotatable bonds is 6. The van der Waals surface area contributed by atoms with E-state index in [1.165, 1.54) is 18.2 Å². The number of hydrogen-bond acceptors (Lipinski definition) is 6. The molecule has 1 aromatic heterocycles. The number of aromatic nitrogens is 3. The number of aryl methyl sites for hydroxylation is 1. The fourth-order valence-corrected chi connectivity index (χ4v) is 6.24. The van der Waals surface area contributed by atoms with Gasteiger partial charge in [-0.15, -0.1) is 10.2 Å². The summed E-state index contributed by atoms with van der Waals surface area (Å²) >= 11 is 1.40. The van der Waals surface area contributed by atoms with Crippen molar-refractivity contribution in [3.05, 3.63) is 35.7 Å². The summed E-state index contributed by atoms with van der Waals surface area (Å²) in [5.74, 6) is 1.23. The number of Topliss-reactive ketones (excluding diaryl/α,β-unsaturated/α-hetero) is 1. The van der Waals surface area contributed by atoms with Crippen molar-refractivity contribution in [3.8, 4) is 0 Å². The van der Waals surface area contributed by atoms with E-state index in [9.17, 15) is 13.2 Å². The van der Waals surface area contributed by atoms with Crippen molar-refractivity contribution in [1.29, 1.82) is 0 Å². The third-order valence-electron chi connectivity index (χ3n) is 5.54. The molecule has 1 saturated heterocycles. The van der Waals surface area contributed by atoms with Gasteiger partial charge < -0.3 is 4.57 Å². The first kappa shape index (κ1) is 20.6. The van der Waals surface area contributed by atoms with E-state index >= 15 is 0 Å². The van der Waals surface area contributed by atoms with Crippen LogP contribution in [0.3, 0.4) is 0 Å². The number of sulfonamides is 1. The van der Waals surface area contributed by atoms with E-state index in [1.807, 2.05) is 0 Å². The Kier molecular flexibility index (Phi) is 6.36. The van der Waals surface area contributed by atoms with Gasteiger partial charge in [-0.05, 0) is 37.8 Å². The lowest BCUT2D eigenvalue weighted by Gasteiger charge is -2.25. The topological polar surface area (TPSA) is 85.2 Å². The van der Waals surface area contributed by atoms with Gasteiger partial charge in [0.15, 0.2) is 10.9 Å². The third kappa shape index (κ3) is 4.57. The minimum Gasteiger partial charge on any atom is -0.306 e. The third-order valence-corrected chi connectivity index (χ3v) is 8.42. The highest BCUT2D eigenvalue weighted by Gasteiger charge is 2.26. The monoisotopic (exact) mass is 434 g/mol. The first-order valence-electron chi connectivity index (χ1n) is 10.2. The fraction of sp³-hybridized carbons (Fsp3) is 0.550. The summed E-state index contributed by atoms with van der Waals surface area (Å²) in [5, 5.41) is 9.29. The van der Waals surface area contributed by atoms with Crippen LogP contribution >= 0.6 is 11.8 Å². The summed E-state index contributed by atoms with van der Waals surface area (Å²) in [6, 6.07) is 6.32. The molecule has 2 aliphatic rings. The Morgan fingerprint density at radius 3 is 2.38 bits per heavy atom. The molecule has 0 radical (unpaired) electrons. The molecule has 0 unspecified atom stereocenters. The summed E-state index contributed by atoms with van der Waals surface area (Å²) < 4.78 is 29.1. The molecule has 4 rings (SSSR count). The largest absolute Gasteiger partial charge is 0.306 e. The van der Waals surface area contributed by atoms with Gasteiger partial charge in [0, 0.05) is 31.6 Å². The number of ketones is 1. The van der Waals surface area contributed by atoms with E-state index in [0.29, 0.717) is 18.7 Å². The highest BCUT2D eigenvalue weighted by molar-refractivity contribution is 7.99. The molecule has 0 spiro atoms. The minimum atomic E-state index is -3.47. The van der Waals surface area contributed by atoms with Crippen LogP contribution in [0.5, 0.6) is 0 Å². The second-order valence-electron chi connectivity index (χ2n) is 7.56. The quantitative estimate of drug-likeness (QED) is 0.513. The van der Waals surface area contributed by atoms with Crippen LogP contribution in [0.4, 0.5) is 0 Å².